The summed E-state index contributed by atoms with van der Waals surface area (Å²) in [4.78, 5) is 22.1. The van der Waals surface area contributed by atoms with E-state index >= 15 is 0 Å². The molecule has 2 heterocycles. The molecule has 2 aliphatic heterocycles. The Kier molecular flexibility index (Phi) is 6.36. The highest BCUT2D eigenvalue weighted by Gasteiger charge is 2.35. The number of methoxy groups -OCH3 is 1. The van der Waals surface area contributed by atoms with Crippen LogP contribution in [0.15, 0.2) is 53.7 Å². The molecule has 2 aliphatic rings. The largest absolute Gasteiger partial charge is 0.496 e. The lowest BCUT2D eigenvalue weighted by atomic mass is 10.0. The Morgan fingerprint density at radius 1 is 1.12 bits per heavy atom. The molecule has 2 aromatic rings. The summed E-state index contributed by atoms with van der Waals surface area (Å²) in [7, 11) is 1.58. The number of oxime groups is 1. The number of nitrogens with zero attached hydrogens (tertiary/aromatic N) is 3. The third-order valence-electron chi connectivity index (χ3n) is 5.71. The Hall–Kier alpha value is -3.07. The van der Waals surface area contributed by atoms with Crippen LogP contribution in [0, 0.1) is 0 Å². The van der Waals surface area contributed by atoms with Gasteiger partial charge in [-0.2, -0.15) is 13.2 Å². The third-order valence-corrected chi connectivity index (χ3v) is 5.71. The van der Waals surface area contributed by atoms with Crippen LogP contribution in [0.4, 0.5) is 13.2 Å². The molecule has 0 saturated carbocycles. The summed E-state index contributed by atoms with van der Waals surface area (Å²) < 4.78 is 44.1. The number of para-hydroxylation sites is 1. The molecule has 1 amide bonds. The number of carbonyl (C=O) groups is 1. The molecule has 32 heavy (non-hydrogen) atoms. The Morgan fingerprint density at radius 2 is 1.88 bits per heavy atom. The lowest BCUT2D eigenvalue weighted by Crippen LogP contribution is -2.51. The monoisotopic (exact) mass is 447 g/mol. The summed E-state index contributed by atoms with van der Waals surface area (Å²) in [6, 6.07) is 12.8. The van der Waals surface area contributed by atoms with E-state index in [4.69, 9.17) is 9.57 Å². The van der Waals surface area contributed by atoms with Gasteiger partial charge in [0.2, 0.25) is 6.10 Å². The van der Waals surface area contributed by atoms with Crippen LogP contribution in [0.5, 0.6) is 5.75 Å². The lowest BCUT2D eigenvalue weighted by molar-refractivity contribution is -0.144. The van der Waals surface area contributed by atoms with Crippen molar-refractivity contribution in [2.45, 2.75) is 25.2 Å². The zero-order valence-electron chi connectivity index (χ0n) is 17.6. The van der Waals surface area contributed by atoms with Crippen LogP contribution in [0.3, 0.4) is 0 Å². The van der Waals surface area contributed by atoms with Gasteiger partial charge in [0.1, 0.15) is 5.75 Å². The number of halogens is 3. The first-order valence-corrected chi connectivity index (χ1v) is 10.4. The average molecular weight is 447 g/mol. The molecule has 1 saturated heterocycles. The molecule has 1 fully saturated rings. The SMILES string of the molecule is COc1ccccc1C1=NO[C@H](C(=O)N2CCN(Cc3cccc(C(F)(F)F)c3)CC2)C1. The van der Waals surface area contributed by atoms with Crippen molar-refractivity contribution in [2.75, 3.05) is 33.3 Å². The lowest BCUT2D eigenvalue weighted by Gasteiger charge is -2.35. The fourth-order valence-electron chi connectivity index (χ4n) is 3.99. The molecule has 0 N–H and O–H groups in total. The Morgan fingerprint density at radius 3 is 2.59 bits per heavy atom. The summed E-state index contributed by atoms with van der Waals surface area (Å²) >= 11 is 0. The summed E-state index contributed by atoms with van der Waals surface area (Å²) in [6.07, 6.45) is -4.67. The molecular formula is C23H24F3N3O3. The maximum atomic E-state index is 12.9. The number of hydrogen-bond donors (Lipinski definition) is 0. The standard InChI is InChI=1S/C23H24F3N3O3/c1-31-20-8-3-2-7-18(20)19-14-21(32-27-19)22(30)29-11-9-28(10-12-29)15-16-5-4-6-17(13-16)23(24,25)26/h2-8,13,21H,9-12,14-15H2,1H3/t21-/m0/s1. The first-order valence-electron chi connectivity index (χ1n) is 10.4. The molecule has 0 bridgehead atoms. The molecule has 1 atom stereocenters. The van der Waals surface area contributed by atoms with Crippen LogP contribution in [-0.4, -0.2) is 60.8 Å². The fourth-order valence-corrected chi connectivity index (χ4v) is 3.99. The van der Waals surface area contributed by atoms with Crippen LogP contribution in [0.1, 0.15) is 23.1 Å². The summed E-state index contributed by atoms with van der Waals surface area (Å²) in [5.74, 6) is 0.545. The van der Waals surface area contributed by atoms with E-state index in [0.29, 0.717) is 56.2 Å². The smallest absolute Gasteiger partial charge is 0.416 e. The minimum absolute atomic E-state index is 0.127. The van der Waals surface area contributed by atoms with Gasteiger partial charge in [-0.15, -0.1) is 0 Å². The number of ether oxygens (including phenoxy) is 1. The molecule has 9 heteroatoms. The number of piperazine rings is 1. The van der Waals surface area contributed by atoms with Gasteiger partial charge in [-0.25, -0.2) is 0 Å². The third kappa shape index (κ3) is 4.88. The van der Waals surface area contributed by atoms with E-state index in [2.05, 4.69) is 5.16 Å². The van der Waals surface area contributed by atoms with Crippen molar-refractivity contribution >= 4 is 11.6 Å². The van der Waals surface area contributed by atoms with Gasteiger partial charge < -0.3 is 14.5 Å². The van der Waals surface area contributed by atoms with Crippen LogP contribution in [-0.2, 0) is 22.4 Å². The Balaban J connectivity index is 1.30. The minimum atomic E-state index is -4.35. The topological polar surface area (TPSA) is 54.4 Å². The van der Waals surface area contributed by atoms with E-state index in [-0.39, 0.29) is 5.91 Å². The second-order valence-corrected chi connectivity index (χ2v) is 7.84. The zero-order valence-corrected chi connectivity index (χ0v) is 17.6. The minimum Gasteiger partial charge on any atom is -0.496 e. The van der Waals surface area contributed by atoms with Gasteiger partial charge in [0, 0.05) is 44.7 Å². The summed E-state index contributed by atoms with van der Waals surface area (Å²) in [5.41, 5.74) is 1.43. The fraction of sp³-hybridized carbons (Fsp3) is 0.391. The van der Waals surface area contributed by atoms with Gasteiger partial charge in [0.05, 0.1) is 18.4 Å². The number of amides is 1. The van der Waals surface area contributed by atoms with Crippen molar-refractivity contribution in [1.82, 2.24) is 9.80 Å². The average Bonchev–Trinajstić information content (AvgIpc) is 3.29. The van der Waals surface area contributed by atoms with E-state index in [1.54, 1.807) is 18.1 Å². The zero-order chi connectivity index (χ0) is 22.7. The molecule has 0 aromatic heterocycles. The summed E-state index contributed by atoms with van der Waals surface area (Å²) in [6.45, 7) is 2.54. The van der Waals surface area contributed by atoms with Crippen molar-refractivity contribution in [3.05, 3.63) is 65.2 Å². The van der Waals surface area contributed by atoms with Crippen LogP contribution < -0.4 is 4.74 Å². The second-order valence-electron chi connectivity index (χ2n) is 7.84. The highest BCUT2D eigenvalue weighted by atomic mass is 19.4. The van der Waals surface area contributed by atoms with Gasteiger partial charge in [0.15, 0.2) is 0 Å². The quantitative estimate of drug-likeness (QED) is 0.704. The highest BCUT2D eigenvalue weighted by Crippen LogP contribution is 2.30. The first-order chi connectivity index (χ1) is 15.3. The number of benzene rings is 2. The van der Waals surface area contributed by atoms with Crippen molar-refractivity contribution in [3.8, 4) is 5.75 Å². The molecule has 2 aromatic carbocycles. The van der Waals surface area contributed by atoms with E-state index < -0.39 is 17.8 Å². The van der Waals surface area contributed by atoms with E-state index in [1.807, 2.05) is 29.2 Å². The predicted molar refractivity (Wildman–Crippen MR) is 112 cm³/mol. The number of rotatable bonds is 5. The van der Waals surface area contributed by atoms with E-state index in [9.17, 15) is 18.0 Å². The van der Waals surface area contributed by atoms with E-state index in [0.717, 1.165) is 11.6 Å². The predicted octanol–water partition coefficient (Wildman–Crippen LogP) is 3.55. The van der Waals surface area contributed by atoms with Crippen molar-refractivity contribution in [1.29, 1.82) is 0 Å². The van der Waals surface area contributed by atoms with Crippen LogP contribution in [0.2, 0.25) is 0 Å². The summed E-state index contributed by atoms with van der Waals surface area (Å²) in [5, 5.41) is 4.10. The maximum Gasteiger partial charge on any atom is 0.416 e. The first kappa shape index (κ1) is 22.1. The molecule has 0 unspecified atom stereocenters. The Labute approximate surface area is 184 Å². The Bertz CT molecular complexity index is 1000. The van der Waals surface area contributed by atoms with Gasteiger partial charge in [-0.3, -0.25) is 9.69 Å². The van der Waals surface area contributed by atoms with Crippen molar-refractivity contribution in [3.63, 3.8) is 0 Å². The molecule has 170 valence electrons. The second kappa shape index (κ2) is 9.20. The maximum absolute atomic E-state index is 12.9. The van der Waals surface area contributed by atoms with Gasteiger partial charge in [-0.1, -0.05) is 35.5 Å². The molecule has 0 aliphatic carbocycles. The highest BCUT2D eigenvalue weighted by molar-refractivity contribution is 6.05. The number of hydrogen-bond acceptors (Lipinski definition) is 5. The van der Waals surface area contributed by atoms with E-state index in [1.165, 1.54) is 12.1 Å². The molecule has 0 spiro atoms. The normalized spacial score (nSPS) is 19.4. The van der Waals surface area contributed by atoms with Gasteiger partial charge >= 0.3 is 6.18 Å². The molecule has 0 radical (unpaired) electrons. The van der Waals surface area contributed by atoms with Gasteiger partial charge in [-0.05, 0) is 23.8 Å². The van der Waals surface area contributed by atoms with Crippen molar-refractivity contribution < 1.29 is 27.5 Å². The van der Waals surface area contributed by atoms with Crippen LogP contribution >= 0.6 is 0 Å². The number of alkyl halides is 3. The molecule has 4 rings (SSSR count). The molecular weight excluding hydrogens is 423 g/mol. The van der Waals surface area contributed by atoms with Gasteiger partial charge in [0.25, 0.3) is 5.91 Å². The molecule has 6 nitrogen and oxygen atoms in total. The number of carbonyl (C=O) groups excluding carboxylic acids is 1. The van der Waals surface area contributed by atoms with Crippen molar-refractivity contribution in [2.24, 2.45) is 5.16 Å². The van der Waals surface area contributed by atoms with Crippen LogP contribution in [0.25, 0.3) is 0 Å².